The van der Waals surface area contributed by atoms with E-state index in [9.17, 15) is 0 Å². The van der Waals surface area contributed by atoms with E-state index >= 15 is 0 Å². The van der Waals surface area contributed by atoms with Crippen molar-refractivity contribution in [3.8, 4) is 0 Å². The maximum absolute atomic E-state index is 2.44. The molecule has 1 atom stereocenters. The first-order valence-corrected chi connectivity index (χ1v) is 8.96. The minimum Gasteiger partial charge on any atom is -0.0885 e. The van der Waals surface area contributed by atoms with Crippen LogP contribution in [0.15, 0.2) is 12.2 Å². The highest BCUT2D eigenvalue weighted by atomic mass is 14.1. The van der Waals surface area contributed by atoms with Crippen LogP contribution in [0.3, 0.4) is 0 Å². The van der Waals surface area contributed by atoms with Gasteiger partial charge in [0.2, 0.25) is 0 Å². The Hall–Kier alpha value is -0.260. The predicted octanol–water partition coefficient (Wildman–Crippen LogP) is 7.29. The maximum atomic E-state index is 2.44. The highest BCUT2D eigenvalue weighted by Gasteiger charge is 2.01. The van der Waals surface area contributed by atoms with Gasteiger partial charge in [-0.15, -0.1) is 0 Å². The van der Waals surface area contributed by atoms with Gasteiger partial charge in [-0.25, -0.2) is 0 Å². The lowest BCUT2D eigenvalue weighted by molar-refractivity contribution is 0.438. The Morgan fingerprint density at radius 1 is 0.632 bits per heavy atom. The van der Waals surface area contributed by atoms with Gasteiger partial charge in [-0.2, -0.15) is 0 Å². The quantitative estimate of drug-likeness (QED) is 0.229. The van der Waals surface area contributed by atoms with Crippen LogP contribution >= 0.6 is 0 Å². The van der Waals surface area contributed by atoms with Crippen molar-refractivity contribution in [2.45, 2.75) is 104 Å². The summed E-state index contributed by atoms with van der Waals surface area (Å²) >= 11 is 0. The van der Waals surface area contributed by atoms with Crippen molar-refractivity contribution in [1.29, 1.82) is 0 Å². The van der Waals surface area contributed by atoms with E-state index in [0.29, 0.717) is 0 Å². The van der Waals surface area contributed by atoms with E-state index in [1.807, 2.05) is 0 Å². The van der Waals surface area contributed by atoms with Crippen LogP contribution in [0.5, 0.6) is 0 Å². The first kappa shape index (κ1) is 18.7. The number of unbranched alkanes of at least 4 members (excludes halogenated alkanes) is 8. The lowest BCUT2D eigenvalue weighted by Gasteiger charge is -2.10. The second-order valence-corrected chi connectivity index (χ2v) is 6.21. The molecule has 0 spiro atoms. The monoisotopic (exact) mass is 266 g/mol. The Morgan fingerprint density at radius 2 is 1.21 bits per heavy atom. The molecular weight excluding hydrogens is 228 g/mol. The Kier molecular flexibility index (Phi) is 15.6. The average molecular weight is 267 g/mol. The molecule has 0 heterocycles. The Morgan fingerprint density at radius 3 is 1.89 bits per heavy atom. The highest BCUT2D eigenvalue weighted by molar-refractivity contribution is 4.80. The first-order chi connectivity index (χ1) is 9.31. The average Bonchev–Trinajstić information content (AvgIpc) is 2.41. The minimum absolute atomic E-state index is 0.950. The third kappa shape index (κ3) is 15.7. The summed E-state index contributed by atoms with van der Waals surface area (Å²) in [5.74, 6) is 0.950. The second-order valence-electron chi connectivity index (χ2n) is 6.21. The molecule has 0 N–H and O–H groups in total. The van der Waals surface area contributed by atoms with Gasteiger partial charge in [-0.1, -0.05) is 97.1 Å². The molecule has 0 aromatic carbocycles. The third-order valence-corrected chi connectivity index (χ3v) is 3.99. The minimum atomic E-state index is 0.950. The number of hydrogen-bond donors (Lipinski definition) is 0. The van der Waals surface area contributed by atoms with Gasteiger partial charge in [0, 0.05) is 0 Å². The second kappa shape index (κ2) is 15.8. The molecule has 0 aliphatic rings. The summed E-state index contributed by atoms with van der Waals surface area (Å²) in [5, 5.41) is 0. The Bertz CT molecular complexity index is 180. The van der Waals surface area contributed by atoms with Gasteiger partial charge in [0.15, 0.2) is 0 Å². The summed E-state index contributed by atoms with van der Waals surface area (Å²) in [6.07, 6.45) is 22.9. The summed E-state index contributed by atoms with van der Waals surface area (Å²) < 4.78 is 0. The molecule has 0 nitrogen and oxygen atoms in total. The molecule has 0 aliphatic heterocycles. The van der Waals surface area contributed by atoms with Gasteiger partial charge in [0.25, 0.3) is 0 Å². The van der Waals surface area contributed by atoms with E-state index in [1.54, 1.807) is 0 Å². The molecule has 0 radical (unpaired) electrons. The van der Waals surface area contributed by atoms with Crippen molar-refractivity contribution in [1.82, 2.24) is 0 Å². The fourth-order valence-electron chi connectivity index (χ4n) is 2.57. The standard InChI is InChI=1S/C19H38/c1-4-6-8-10-12-14-16-18-19(3)17-15-13-11-9-7-5-2/h8,10,19H,4-7,9,11-18H2,1-3H3/b10-8+. The summed E-state index contributed by atoms with van der Waals surface area (Å²) in [6, 6.07) is 0. The Labute approximate surface area is 123 Å². The summed E-state index contributed by atoms with van der Waals surface area (Å²) in [5.41, 5.74) is 0. The lowest BCUT2D eigenvalue weighted by atomic mass is 9.96. The van der Waals surface area contributed by atoms with E-state index < -0.39 is 0 Å². The molecule has 19 heavy (non-hydrogen) atoms. The first-order valence-electron chi connectivity index (χ1n) is 8.96. The Balaban J connectivity index is 3.18. The van der Waals surface area contributed by atoms with E-state index in [1.165, 1.54) is 83.5 Å². The van der Waals surface area contributed by atoms with Crippen LogP contribution < -0.4 is 0 Å². The van der Waals surface area contributed by atoms with Gasteiger partial charge < -0.3 is 0 Å². The van der Waals surface area contributed by atoms with Crippen molar-refractivity contribution in [2.24, 2.45) is 5.92 Å². The van der Waals surface area contributed by atoms with Crippen molar-refractivity contribution in [2.75, 3.05) is 0 Å². The van der Waals surface area contributed by atoms with Crippen molar-refractivity contribution in [3.63, 3.8) is 0 Å². The number of allylic oxidation sites excluding steroid dienone is 2. The molecule has 0 aliphatic carbocycles. The molecule has 0 aromatic heterocycles. The van der Waals surface area contributed by atoms with Crippen LogP contribution in [0.2, 0.25) is 0 Å². The molecule has 0 rings (SSSR count). The zero-order valence-electron chi connectivity index (χ0n) is 13.9. The number of rotatable bonds is 14. The van der Waals surface area contributed by atoms with Gasteiger partial charge in [0.05, 0.1) is 0 Å². The van der Waals surface area contributed by atoms with Crippen LogP contribution in [-0.2, 0) is 0 Å². The fraction of sp³-hybridized carbons (Fsp3) is 0.895. The SMILES string of the molecule is CCC/C=C/CCCCC(C)CCCCCCCC. The van der Waals surface area contributed by atoms with Crippen LogP contribution in [0, 0.1) is 5.92 Å². The molecule has 0 heteroatoms. The van der Waals surface area contributed by atoms with Crippen molar-refractivity contribution in [3.05, 3.63) is 12.2 Å². The van der Waals surface area contributed by atoms with Crippen molar-refractivity contribution < 1.29 is 0 Å². The van der Waals surface area contributed by atoms with Crippen LogP contribution in [-0.4, -0.2) is 0 Å². The molecule has 0 aromatic rings. The van der Waals surface area contributed by atoms with Crippen LogP contribution in [0.25, 0.3) is 0 Å². The highest BCUT2D eigenvalue weighted by Crippen LogP contribution is 2.17. The fourth-order valence-corrected chi connectivity index (χ4v) is 2.57. The van der Waals surface area contributed by atoms with Crippen molar-refractivity contribution >= 4 is 0 Å². The molecular formula is C19H38. The van der Waals surface area contributed by atoms with E-state index in [4.69, 9.17) is 0 Å². The topological polar surface area (TPSA) is 0 Å². The van der Waals surface area contributed by atoms with E-state index in [0.717, 1.165) is 5.92 Å². The predicted molar refractivity (Wildman–Crippen MR) is 89.7 cm³/mol. The van der Waals surface area contributed by atoms with Gasteiger partial charge in [-0.3, -0.25) is 0 Å². The summed E-state index contributed by atoms with van der Waals surface area (Å²) in [6.45, 7) is 6.98. The molecule has 0 amide bonds. The largest absolute Gasteiger partial charge is 0.0885 e. The molecule has 1 unspecified atom stereocenters. The molecule has 114 valence electrons. The molecule has 0 bridgehead atoms. The number of hydrogen-bond acceptors (Lipinski definition) is 0. The molecule has 0 saturated carbocycles. The van der Waals surface area contributed by atoms with E-state index in [-0.39, 0.29) is 0 Å². The third-order valence-electron chi connectivity index (χ3n) is 3.99. The van der Waals surface area contributed by atoms with Gasteiger partial charge >= 0.3 is 0 Å². The van der Waals surface area contributed by atoms with E-state index in [2.05, 4.69) is 32.9 Å². The smallest absolute Gasteiger partial charge is 0.0351 e. The summed E-state index contributed by atoms with van der Waals surface area (Å²) in [7, 11) is 0. The van der Waals surface area contributed by atoms with Gasteiger partial charge in [-0.05, 0) is 25.2 Å². The van der Waals surface area contributed by atoms with Gasteiger partial charge in [0.1, 0.15) is 0 Å². The maximum Gasteiger partial charge on any atom is -0.0351 e. The molecule has 0 saturated heterocycles. The normalized spacial score (nSPS) is 13.2. The zero-order valence-corrected chi connectivity index (χ0v) is 13.9. The zero-order chi connectivity index (χ0) is 14.2. The summed E-state index contributed by atoms with van der Waals surface area (Å²) in [4.78, 5) is 0. The molecule has 0 fully saturated rings. The lowest BCUT2D eigenvalue weighted by Crippen LogP contribution is -1.95. The van der Waals surface area contributed by atoms with Crippen LogP contribution in [0.1, 0.15) is 104 Å². The van der Waals surface area contributed by atoms with Crippen LogP contribution in [0.4, 0.5) is 0 Å².